The van der Waals surface area contributed by atoms with E-state index >= 15 is 0 Å². The number of nitrogens with one attached hydrogen (secondary N) is 1. The molecule has 0 aliphatic carbocycles. The summed E-state index contributed by atoms with van der Waals surface area (Å²) in [5.41, 5.74) is 1.60. The first-order chi connectivity index (χ1) is 10.6. The predicted molar refractivity (Wildman–Crippen MR) is 85.5 cm³/mol. The number of carbonyl (C=O) groups is 1. The number of anilines is 1. The molecule has 1 heterocycles. The SMILES string of the molecule is CCCN1C(=O)c2ccccc2N[C@@H]1c1c(F)cccc1Cl. The standard InChI is InChI=1S/C17H16ClFN2O/c1-2-10-21-16(15-12(18)7-5-8-13(15)19)20-14-9-4-3-6-11(14)17(21)22/h3-9,16,20H,2,10H2,1H3/t16-/m0/s1. The summed E-state index contributed by atoms with van der Waals surface area (Å²) < 4.78 is 14.3. The van der Waals surface area contributed by atoms with E-state index < -0.39 is 12.0 Å². The molecule has 0 fully saturated rings. The van der Waals surface area contributed by atoms with Crippen molar-refractivity contribution in [1.29, 1.82) is 0 Å². The third-order valence-corrected chi connectivity index (χ3v) is 4.09. The van der Waals surface area contributed by atoms with Crippen LogP contribution in [0.4, 0.5) is 10.1 Å². The number of nitrogens with zero attached hydrogens (tertiary/aromatic N) is 1. The summed E-state index contributed by atoms with van der Waals surface area (Å²) in [6.45, 7) is 2.50. The molecule has 3 rings (SSSR count). The van der Waals surface area contributed by atoms with E-state index in [1.54, 1.807) is 23.1 Å². The second kappa shape index (κ2) is 5.97. The van der Waals surface area contributed by atoms with Crippen molar-refractivity contribution in [3.8, 4) is 0 Å². The van der Waals surface area contributed by atoms with Gasteiger partial charge in [0.15, 0.2) is 0 Å². The minimum absolute atomic E-state index is 0.111. The zero-order valence-corrected chi connectivity index (χ0v) is 12.9. The summed E-state index contributed by atoms with van der Waals surface area (Å²) in [6, 6.07) is 11.8. The molecule has 0 spiro atoms. The van der Waals surface area contributed by atoms with Gasteiger partial charge in [0, 0.05) is 17.8 Å². The van der Waals surface area contributed by atoms with Gasteiger partial charge in [0.1, 0.15) is 12.0 Å². The third kappa shape index (κ3) is 2.44. The van der Waals surface area contributed by atoms with Crippen LogP contribution in [0.15, 0.2) is 42.5 Å². The van der Waals surface area contributed by atoms with E-state index in [0.717, 1.165) is 6.42 Å². The fraction of sp³-hybridized carbons (Fsp3) is 0.235. The first-order valence-corrected chi connectivity index (χ1v) is 7.61. The molecule has 1 aliphatic rings. The van der Waals surface area contributed by atoms with E-state index in [2.05, 4.69) is 5.32 Å². The van der Waals surface area contributed by atoms with Crippen molar-refractivity contribution in [2.75, 3.05) is 11.9 Å². The smallest absolute Gasteiger partial charge is 0.257 e. The zero-order chi connectivity index (χ0) is 15.7. The normalized spacial score (nSPS) is 17.1. The lowest BCUT2D eigenvalue weighted by atomic mass is 10.0. The fourth-order valence-corrected chi connectivity index (χ4v) is 3.03. The van der Waals surface area contributed by atoms with Crippen molar-refractivity contribution in [1.82, 2.24) is 4.90 Å². The van der Waals surface area contributed by atoms with Gasteiger partial charge in [-0.1, -0.05) is 36.7 Å². The van der Waals surface area contributed by atoms with Crippen molar-refractivity contribution in [3.63, 3.8) is 0 Å². The van der Waals surface area contributed by atoms with Gasteiger partial charge in [0.25, 0.3) is 5.91 Å². The van der Waals surface area contributed by atoms with Gasteiger partial charge in [-0.2, -0.15) is 0 Å². The Balaban J connectivity index is 2.12. The molecule has 1 atom stereocenters. The molecule has 0 bridgehead atoms. The Labute approximate surface area is 133 Å². The maximum Gasteiger partial charge on any atom is 0.257 e. The van der Waals surface area contributed by atoms with E-state index in [1.165, 1.54) is 6.07 Å². The highest BCUT2D eigenvalue weighted by Crippen LogP contribution is 2.36. The Morgan fingerprint density at radius 3 is 2.73 bits per heavy atom. The van der Waals surface area contributed by atoms with Crippen LogP contribution >= 0.6 is 11.6 Å². The molecule has 1 N–H and O–H groups in total. The molecule has 22 heavy (non-hydrogen) atoms. The average Bonchev–Trinajstić information content (AvgIpc) is 2.51. The molecule has 2 aromatic carbocycles. The molecule has 0 saturated heterocycles. The maximum atomic E-state index is 14.3. The molecule has 1 amide bonds. The van der Waals surface area contributed by atoms with Gasteiger partial charge in [-0.05, 0) is 30.7 Å². The Morgan fingerprint density at radius 2 is 2.00 bits per heavy atom. The second-order valence-electron chi connectivity index (χ2n) is 5.23. The number of amides is 1. The molecule has 0 radical (unpaired) electrons. The van der Waals surface area contributed by atoms with Crippen LogP contribution in [-0.2, 0) is 0 Å². The highest BCUT2D eigenvalue weighted by Gasteiger charge is 2.34. The van der Waals surface area contributed by atoms with Gasteiger partial charge < -0.3 is 10.2 Å². The van der Waals surface area contributed by atoms with Crippen LogP contribution in [0.2, 0.25) is 5.02 Å². The molecule has 5 heteroatoms. The minimum Gasteiger partial charge on any atom is -0.361 e. The minimum atomic E-state index is -0.601. The van der Waals surface area contributed by atoms with Gasteiger partial charge in [-0.3, -0.25) is 4.79 Å². The number of hydrogen-bond acceptors (Lipinski definition) is 2. The predicted octanol–water partition coefficient (Wildman–Crippen LogP) is 4.46. The molecule has 0 saturated carbocycles. The quantitative estimate of drug-likeness (QED) is 0.906. The number of fused-ring (bicyclic) bond motifs is 1. The molecule has 0 unspecified atom stereocenters. The molecule has 0 aromatic heterocycles. The van der Waals surface area contributed by atoms with Crippen LogP contribution in [0.5, 0.6) is 0 Å². The summed E-state index contributed by atoms with van der Waals surface area (Å²) in [4.78, 5) is 14.4. The molecular weight excluding hydrogens is 303 g/mol. The largest absolute Gasteiger partial charge is 0.361 e. The molecule has 2 aromatic rings. The lowest BCUT2D eigenvalue weighted by Gasteiger charge is -2.38. The van der Waals surface area contributed by atoms with Crippen LogP contribution in [-0.4, -0.2) is 17.4 Å². The molecule has 3 nitrogen and oxygen atoms in total. The summed E-state index contributed by atoms with van der Waals surface area (Å²) >= 11 is 6.19. The first kappa shape index (κ1) is 14.9. The number of rotatable bonds is 3. The van der Waals surface area contributed by atoms with Crippen molar-refractivity contribution in [2.24, 2.45) is 0 Å². The Bertz CT molecular complexity index is 699. The van der Waals surface area contributed by atoms with Gasteiger partial charge in [0.05, 0.1) is 10.6 Å². The summed E-state index contributed by atoms with van der Waals surface area (Å²) in [5, 5.41) is 3.55. The van der Waals surface area contributed by atoms with Crippen molar-refractivity contribution >= 4 is 23.2 Å². The van der Waals surface area contributed by atoms with Gasteiger partial charge in [0.2, 0.25) is 0 Å². The van der Waals surface area contributed by atoms with E-state index in [-0.39, 0.29) is 5.91 Å². The maximum absolute atomic E-state index is 14.3. The zero-order valence-electron chi connectivity index (χ0n) is 12.1. The number of halogens is 2. The van der Waals surface area contributed by atoms with Crippen LogP contribution in [0.3, 0.4) is 0 Å². The van der Waals surface area contributed by atoms with Crippen molar-refractivity contribution in [3.05, 3.63) is 64.4 Å². The highest BCUT2D eigenvalue weighted by atomic mass is 35.5. The highest BCUT2D eigenvalue weighted by molar-refractivity contribution is 6.31. The topological polar surface area (TPSA) is 32.3 Å². The van der Waals surface area contributed by atoms with Crippen molar-refractivity contribution in [2.45, 2.75) is 19.5 Å². The average molecular weight is 319 g/mol. The Kier molecular flexibility index (Phi) is 4.03. The lowest BCUT2D eigenvalue weighted by molar-refractivity contribution is 0.0680. The summed E-state index contributed by atoms with van der Waals surface area (Å²) in [7, 11) is 0. The number of carbonyl (C=O) groups excluding carboxylic acids is 1. The third-order valence-electron chi connectivity index (χ3n) is 3.76. The van der Waals surface area contributed by atoms with Gasteiger partial charge in [-0.25, -0.2) is 4.39 Å². The van der Waals surface area contributed by atoms with Crippen LogP contribution in [0, 0.1) is 5.82 Å². The number of hydrogen-bond donors (Lipinski definition) is 1. The Morgan fingerprint density at radius 1 is 1.23 bits per heavy atom. The Hall–Kier alpha value is -2.07. The van der Waals surface area contributed by atoms with E-state index in [0.29, 0.717) is 28.4 Å². The second-order valence-corrected chi connectivity index (χ2v) is 5.63. The van der Waals surface area contributed by atoms with Crippen LogP contribution in [0.1, 0.15) is 35.4 Å². The lowest BCUT2D eigenvalue weighted by Crippen LogP contribution is -2.43. The number of para-hydroxylation sites is 1. The van der Waals surface area contributed by atoms with Crippen LogP contribution < -0.4 is 5.32 Å². The monoisotopic (exact) mass is 318 g/mol. The fourth-order valence-electron chi connectivity index (χ4n) is 2.76. The van der Waals surface area contributed by atoms with Gasteiger partial charge >= 0.3 is 0 Å². The number of benzene rings is 2. The molecule has 1 aliphatic heterocycles. The summed E-state index contributed by atoms with van der Waals surface area (Å²) in [6.07, 6.45) is 0.175. The molecular formula is C17H16ClFN2O. The van der Waals surface area contributed by atoms with E-state index in [1.807, 2.05) is 25.1 Å². The summed E-state index contributed by atoms with van der Waals surface area (Å²) in [5.74, 6) is -0.529. The van der Waals surface area contributed by atoms with E-state index in [9.17, 15) is 9.18 Å². The van der Waals surface area contributed by atoms with Gasteiger partial charge in [-0.15, -0.1) is 0 Å². The molecule has 114 valence electrons. The van der Waals surface area contributed by atoms with E-state index in [4.69, 9.17) is 11.6 Å². The van der Waals surface area contributed by atoms with Crippen molar-refractivity contribution < 1.29 is 9.18 Å². The van der Waals surface area contributed by atoms with Crippen LogP contribution in [0.25, 0.3) is 0 Å². The first-order valence-electron chi connectivity index (χ1n) is 7.24.